The van der Waals surface area contributed by atoms with Crippen LogP contribution in [0.15, 0.2) is 30.6 Å². The molecule has 1 aromatic carbocycles. The van der Waals surface area contributed by atoms with Crippen LogP contribution < -0.4 is 4.74 Å². The number of carbonyl (C=O) groups excluding carboxylic acids is 1. The van der Waals surface area contributed by atoms with Gasteiger partial charge in [-0.15, -0.1) is 0 Å². The van der Waals surface area contributed by atoms with Crippen LogP contribution in [0.25, 0.3) is 0 Å². The van der Waals surface area contributed by atoms with Crippen molar-refractivity contribution in [3.05, 3.63) is 47.8 Å². The van der Waals surface area contributed by atoms with Crippen LogP contribution in [0.3, 0.4) is 0 Å². The van der Waals surface area contributed by atoms with Crippen LogP contribution in [-0.2, 0) is 0 Å². The molecule has 0 aliphatic heterocycles. The van der Waals surface area contributed by atoms with Crippen molar-refractivity contribution in [3.8, 4) is 11.8 Å². The number of hydrogen-bond donors (Lipinski definition) is 0. The van der Waals surface area contributed by atoms with Crippen molar-refractivity contribution in [2.75, 3.05) is 0 Å². The molecule has 86 valence electrons. The monoisotopic (exact) mass is 236 g/mol. The average molecular weight is 236 g/mol. The lowest BCUT2D eigenvalue weighted by Crippen LogP contribution is -1.96. The van der Waals surface area contributed by atoms with Gasteiger partial charge in [-0.05, 0) is 12.1 Å². The molecule has 2 rings (SSSR count). The molecule has 0 aliphatic carbocycles. The second-order valence-corrected chi connectivity index (χ2v) is 3.07. The zero-order valence-electron chi connectivity index (χ0n) is 8.43. The summed E-state index contributed by atoms with van der Waals surface area (Å²) in [6.07, 6.45) is 2.99. The molecule has 1 aromatic heterocycles. The van der Waals surface area contributed by atoms with Gasteiger partial charge >= 0.3 is 6.01 Å². The highest BCUT2D eigenvalue weighted by atomic mass is 19.2. The van der Waals surface area contributed by atoms with Crippen molar-refractivity contribution >= 4 is 6.29 Å². The molecular weight excluding hydrogens is 230 g/mol. The number of hydrogen-bond acceptors (Lipinski definition) is 4. The summed E-state index contributed by atoms with van der Waals surface area (Å²) in [5.41, 5.74) is 0.261. The standard InChI is InChI=1S/C11H6F2N2O2/c12-8-2-1-3-9(10(8)13)17-11-14-4-7(6-16)5-15-11/h1-6H. The maximum Gasteiger partial charge on any atom is 0.322 e. The minimum atomic E-state index is -1.12. The normalized spacial score (nSPS) is 10.0. The van der Waals surface area contributed by atoms with Crippen molar-refractivity contribution in [1.82, 2.24) is 9.97 Å². The first kappa shape index (κ1) is 11.1. The predicted molar refractivity (Wildman–Crippen MR) is 53.9 cm³/mol. The molecule has 0 unspecified atom stereocenters. The van der Waals surface area contributed by atoms with Crippen LogP contribution >= 0.6 is 0 Å². The summed E-state index contributed by atoms with van der Waals surface area (Å²) in [7, 11) is 0. The first-order chi connectivity index (χ1) is 8.20. The second-order valence-electron chi connectivity index (χ2n) is 3.07. The Balaban J connectivity index is 2.25. The van der Waals surface area contributed by atoms with Crippen LogP contribution in [0.2, 0.25) is 0 Å². The first-order valence-corrected chi connectivity index (χ1v) is 4.60. The molecule has 0 N–H and O–H groups in total. The van der Waals surface area contributed by atoms with E-state index < -0.39 is 11.6 Å². The van der Waals surface area contributed by atoms with Crippen LogP contribution in [0, 0.1) is 11.6 Å². The fourth-order valence-electron chi connectivity index (χ4n) is 1.10. The Labute approximate surface area is 94.9 Å². The third kappa shape index (κ3) is 2.41. The number of nitrogens with zero attached hydrogens (tertiary/aromatic N) is 2. The van der Waals surface area contributed by atoms with Gasteiger partial charge in [-0.25, -0.2) is 14.4 Å². The lowest BCUT2D eigenvalue weighted by molar-refractivity contribution is 0.112. The lowest BCUT2D eigenvalue weighted by Gasteiger charge is -2.04. The van der Waals surface area contributed by atoms with E-state index >= 15 is 0 Å². The molecule has 0 spiro atoms. The van der Waals surface area contributed by atoms with Crippen molar-refractivity contribution in [3.63, 3.8) is 0 Å². The first-order valence-electron chi connectivity index (χ1n) is 4.60. The molecule has 17 heavy (non-hydrogen) atoms. The van der Waals surface area contributed by atoms with E-state index in [1.165, 1.54) is 24.5 Å². The van der Waals surface area contributed by atoms with E-state index in [1.54, 1.807) is 0 Å². The third-order valence-electron chi connectivity index (χ3n) is 1.90. The summed E-state index contributed by atoms with van der Waals surface area (Å²) in [4.78, 5) is 17.7. The Bertz CT molecular complexity index is 544. The highest BCUT2D eigenvalue weighted by Gasteiger charge is 2.10. The zero-order valence-corrected chi connectivity index (χ0v) is 8.43. The van der Waals surface area contributed by atoms with E-state index in [2.05, 4.69) is 9.97 Å². The van der Waals surface area contributed by atoms with Gasteiger partial charge in [0.1, 0.15) is 0 Å². The molecule has 2 aromatic rings. The average Bonchev–Trinajstić information content (AvgIpc) is 2.36. The van der Waals surface area contributed by atoms with Gasteiger partial charge in [0.25, 0.3) is 0 Å². The summed E-state index contributed by atoms with van der Waals surface area (Å²) < 4.78 is 31.0. The summed E-state index contributed by atoms with van der Waals surface area (Å²) >= 11 is 0. The molecule has 0 amide bonds. The van der Waals surface area contributed by atoms with Gasteiger partial charge in [-0.3, -0.25) is 4.79 Å². The van der Waals surface area contributed by atoms with Crippen LogP contribution in [0.4, 0.5) is 8.78 Å². The van der Waals surface area contributed by atoms with E-state index in [9.17, 15) is 13.6 Å². The van der Waals surface area contributed by atoms with Crippen molar-refractivity contribution in [2.24, 2.45) is 0 Å². The van der Waals surface area contributed by atoms with Crippen molar-refractivity contribution in [1.29, 1.82) is 0 Å². The molecule has 0 atom stereocenters. The second kappa shape index (κ2) is 4.65. The number of aldehydes is 1. The van der Waals surface area contributed by atoms with Gasteiger partial charge in [0, 0.05) is 12.4 Å². The zero-order chi connectivity index (χ0) is 12.3. The number of carbonyl (C=O) groups is 1. The molecule has 0 bridgehead atoms. The Morgan fingerprint density at radius 1 is 1.18 bits per heavy atom. The number of halogens is 2. The number of ether oxygens (including phenoxy) is 1. The molecule has 0 fully saturated rings. The number of rotatable bonds is 3. The highest BCUT2D eigenvalue weighted by Crippen LogP contribution is 2.22. The molecule has 6 heteroatoms. The molecule has 1 heterocycles. The Morgan fingerprint density at radius 2 is 1.88 bits per heavy atom. The topological polar surface area (TPSA) is 52.1 Å². The Hall–Kier alpha value is -2.37. The fourth-order valence-corrected chi connectivity index (χ4v) is 1.10. The quantitative estimate of drug-likeness (QED) is 0.767. The fraction of sp³-hybridized carbons (Fsp3) is 0. The molecule has 4 nitrogen and oxygen atoms in total. The van der Waals surface area contributed by atoms with Gasteiger partial charge in [0.05, 0.1) is 5.56 Å². The van der Waals surface area contributed by atoms with E-state index in [0.717, 1.165) is 6.07 Å². The van der Waals surface area contributed by atoms with E-state index in [4.69, 9.17) is 4.74 Å². The molecule has 0 saturated carbocycles. The minimum absolute atomic E-state index is 0.167. The van der Waals surface area contributed by atoms with E-state index in [1.807, 2.05) is 0 Å². The van der Waals surface area contributed by atoms with Crippen LogP contribution in [0.5, 0.6) is 11.8 Å². The smallest absolute Gasteiger partial charge is 0.322 e. The molecule has 0 aliphatic rings. The Kier molecular flexibility index (Phi) is 3.04. The van der Waals surface area contributed by atoms with Gasteiger partial charge in [0.15, 0.2) is 17.9 Å². The van der Waals surface area contributed by atoms with Crippen molar-refractivity contribution < 1.29 is 18.3 Å². The minimum Gasteiger partial charge on any atom is -0.421 e. The highest BCUT2D eigenvalue weighted by molar-refractivity contribution is 5.73. The predicted octanol–water partition coefficient (Wildman–Crippen LogP) is 2.36. The largest absolute Gasteiger partial charge is 0.421 e. The van der Waals surface area contributed by atoms with Gasteiger partial charge < -0.3 is 4.74 Å². The summed E-state index contributed by atoms with van der Waals surface area (Å²) in [6, 6.07) is 3.35. The summed E-state index contributed by atoms with van der Waals surface area (Å²) in [6.45, 7) is 0. The number of aromatic nitrogens is 2. The molecule has 0 saturated heterocycles. The van der Waals surface area contributed by atoms with E-state index in [0.29, 0.717) is 6.29 Å². The maximum absolute atomic E-state index is 13.2. The third-order valence-corrected chi connectivity index (χ3v) is 1.90. The summed E-state index contributed by atoms with van der Waals surface area (Å²) in [5.74, 6) is -2.45. The van der Waals surface area contributed by atoms with Gasteiger partial charge in [-0.1, -0.05) is 6.07 Å². The lowest BCUT2D eigenvalue weighted by atomic mass is 10.3. The SMILES string of the molecule is O=Cc1cnc(Oc2cccc(F)c2F)nc1. The van der Waals surface area contributed by atoms with Crippen LogP contribution in [0.1, 0.15) is 10.4 Å². The van der Waals surface area contributed by atoms with Crippen molar-refractivity contribution in [2.45, 2.75) is 0 Å². The van der Waals surface area contributed by atoms with E-state index in [-0.39, 0.29) is 17.3 Å². The number of benzene rings is 1. The van der Waals surface area contributed by atoms with Gasteiger partial charge in [-0.2, -0.15) is 4.39 Å². The van der Waals surface area contributed by atoms with Gasteiger partial charge in [0.2, 0.25) is 5.82 Å². The molecule has 0 radical (unpaired) electrons. The van der Waals surface area contributed by atoms with Crippen LogP contribution in [-0.4, -0.2) is 16.3 Å². The molecular formula is C11H6F2N2O2. The summed E-state index contributed by atoms with van der Waals surface area (Å²) in [5, 5.41) is 0. The maximum atomic E-state index is 13.2. The Morgan fingerprint density at radius 3 is 2.53 bits per heavy atom.